The number of hydrogen-bond acceptors (Lipinski definition) is 4. The van der Waals surface area contributed by atoms with Gasteiger partial charge in [-0.3, -0.25) is 4.90 Å². The molecule has 0 radical (unpaired) electrons. The summed E-state index contributed by atoms with van der Waals surface area (Å²) in [6.07, 6.45) is 0. The summed E-state index contributed by atoms with van der Waals surface area (Å²) in [4.78, 5) is 2.70. The molecule has 1 fully saturated rings. The maximum absolute atomic E-state index is 13.1. The van der Waals surface area contributed by atoms with Gasteiger partial charge in [0.2, 0.25) is 10.0 Å². The standard InChI is InChI=1S/C20H26N2O3S/c1-16-13-19(25-3)9-10-20(16)26(23,24)22-12-11-21(17(2)14-22)15-18-7-5-4-6-8-18/h4-10,13,17H,11-12,14-15H2,1-3H3. The van der Waals surface area contributed by atoms with Crippen molar-refractivity contribution >= 4 is 10.0 Å². The Hall–Kier alpha value is -1.89. The number of piperazine rings is 1. The zero-order valence-electron chi connectivity index (χ0n) is 15.6. The van der Waals surface area contributed by atoms with Gasteiger partial charge in [-0.2, -0.15) is 4.31 Å². The summed E-state index contributed by atoms with van der Waals surface area (Å²) < 4.78 is 33.0. The number of hydrogen-bond donors (Lipinski definition) is 0. The highest BCUT2D eigenvalue weighted by Gasteiger charge is 2.33. The SMILES string of the molecule is COc1ccc(S(=O)(=O)N2CCN(Cc3ccccc3)C(C)C2)c(C)c1. The van der Waals surface area contributed by atoms with E-state index >= 15 is 0 Å². The van der Waals surface area contributed by atoms with Gasteiger partial charge in [-0.05, 0) is 43.2 Å². The summed E-state index contributed by atoms with van der Waals surface area (Å²) in [5.74, 6) is 0.669. The van der Waals surface area contributed by atoms with Crippen LogP contribution in [0.1, 0.15) is 18.1 Å². The number of sulfonamides is 1. The van der Waals surface area contributed by atoms with Crippen LogP contribution in [0.4, 0.5) is 0 Å². The fraction of sp³-hybridized carbons (Fsp3) is 0.400. The molecule has 1 atom stereocenters. The lowest BCUT2D eigenvalue weighted by atomic mass is 10.1. The second kappa shape index (κ2) is 7.78. The highest BCUT2D eigenvalue weighted by Crippen LogP contribution is 2.26. The number of benzene rings is 2. The van der Waals surface area contributed by atoms with Crippen LogP contribution in [0, 0.1) is 6.92 Å². The van der Waals surface area contributed by atoms with E-state index in [0.717, 1.165) is 13.1 Å². The summed E-state index contributed by atoms with van der Waals surface area (Å²) in [5.41, 5.74) is 1.96. The molecule has 1 heterocycles. The summed E-state index contributed by atoms with van der Waals surface area (Å²) in [7, 11) is -1.92. The monoisotopic (exact) mass is 374 g/mol. The first-order valence-corrected chi connectivity index (χ1v) is 10.3. The molecule has 26 heavy (non-hydrogen) atoms. The van der Waals surface area contributed by atoms with Crippen molar-refractivity contribution in [2.75, 3.05) is 26.7 Å². The van der Waals surface area contributed by atoms with Crippen LogP contribution in [0.15, 0.2) is 53.4 Å². The van der Waals surface area contributed by atoms with Gasteiger partial charge in [0.1, 0.15) is 5.75 Å². The van der Waals surface area contributed by atoms with Crippen molar-refractivity contribution in [3.05, 3.63) is 59.7 Å². The van der Waals surface area contributed by atoms with E-state index in [0.29, 0.717) is 29.3 Å². The molecular formula is C20H26N2O3S. The van der Waals surface area contributed by atoms with Crippen LogP contribution in [-0.2, 0) is 16.6 Å². The first-order valence-electron chi connectivity index (χ1n) is 8.84. The van der Waals surface area contributed by atoms with Gasteiger partial charge in [0, 0.05) is 32.2 Å². The predicted molar refractivity (Wildman–Crippen MR) is 103 cm³/mol. The van der Waals surface area contributed by atoms with Gasteiger partial charge in [-0.15, -0.1) is 0 Å². The van der Waals surface area contributed by atoms with E-state index in [-0.39, 0.29) is 6.04 Å². The smallest absolute Gasteiger partial charge is 0.243 e. The molecule has 0 bridgehead atoms. The summed E-state index contributed by atoms with van der Waals surface area (Å²) in [6, 6.07) is 15.6. The van der Waals surface area contributed by atoms with Gasteiger partial charge in [-0.1, -0.05) is 30.3 Å². The van der Waals surface area contributed by atoms with Crippen molar-refractivity contribution in [1.29, 1.82) is 0 Å². The molecule has 6 heteroatoms. The molecule has 0 spiro atoms. The Kier molecular flexibility index (Phi) is 5.65. The zero-order chi connectivity index (χ0) is 18.7. The molecule has 0 saturated carbocycles. The van der Waals surface area contributed by atoms with E-state index in [1.54, 1.807) is 29.6 Å². The Labute approximate surface area is 156 Å². The number of nitrogens with zero attached hydrogens (tertiary/aromatic N) is 2. The third-order valence-electron chi connectivity index (χ3n) is 4.96. The van der Waals surface area contributed by atoms with E-state index in [2.05, 4.69) is 24.0 Å². The minimum absolute atomic E-state index is 0.164. The van der Waals surface area contributed by atoms with Gasteiger partial charge >= 0.3 is 0 Å². The maximum Gasteiger partial charge on any atom is 0.243 e. The quantitative estimate of drug-likeness (QED) is 0.807. The van der Waals surface area contributed by atoms with Crippen molar-refractivity contribution in [2.24, 2.45) is 0 Å². The predicted octanol–water partition coefficient (Wildman–Crippen LogP) is 2.90. The number of methoxy groups -OCH3 is 1. The fourth-order valence-corrected chi connectivity index (χ4v) is 5.13. The first kappa shape index (κ1) is 18.9. The molecule has 1 unspecified atom stereocenters. The van der Waals surface area contributed by atoms with Crippen LogP contribution in [0.3, 0.4) is 0 Å². The summed E-state index contributed by atoms with van der Waals surface area (Å²) in [6.45, 7) is 6.48. The Balaban J connectivity index is 1.73. The van der Waals surface area contributed by atoms with Crippen LogP contribution in [-0.4, -0.2) is 50.4 Å². The summed E-state index contributed by atoms with van der Waals surface area (Å²) in [5, 5.41) is 0. The van der Waals surface area contributed by atoms with Crippen LogP contribution in [0.5, 0.6) is 5.75 Å². The Bertz CT molecular complexity index is 853. The average molecular weight is 375 g/mol. The highest BCUT2D eigenvalue weighted by molar-refractivity contribution is 7.89. The molecule has 0 amide bonds. The number of ether oxygens (including phenoxy) is 1. The van der Waals surface area contributed by atoms with Crippen LogP contribution < -0.4 is 4.74 Å². The van der Waals surface area contributed by atoms with E-state index in [9.17, 15) is 8.42 Å². The van der Waals surface area contributed by atoms with E-state index in [1.807, 2.05) is 25.1 Å². The maximum atomic E-state index is 13.1. The zero-order valence-corrected chi connectivity index (χ0v) is 16.4. The van der Waals surface area contributed by atoms with Crippen LogP contribution in [0.25, 0.3) is 0 Å². The molecule has 3 rings (SSSR count). The van der Waals surface area contributed by atoms with Crippen LogP contribution >= 0.6 is 0 Å². The van der Waals surface area contributed by atoms with E-state index in [1.165, 1.54) is 5.56 Å². The highest BCUT2D eigenvalue weighted by atomic mass is 32.2. The van der Waals surface area contributed by atoms with Crippen LogP contribution in [0.2, 0.25) is 0 Å². The lowest BCUT2D eigenvalue weighted by Gasteiger charge is -2.39. The van der Waals surface area contributed by atoms with Gasteiger partial charge in [0.25, 0.3) is 0 Å². The van der Waals surface area contributed by atoms with E-state index < -0.39 is 10.0 Å². The third-order valence-corrected chi connectivity index (χ3v) is 6.98. The topological polar surface area (TPSA) is 49.9 Å². The Morgan fingerprint density at radius 1 is 1.12 bits per heavy atom. The van der Waals surface area contributed by atoms with E-state index in [4.69, 9.17) is 4.74 Å². The fourth-order valence-electron chi connectivity index (χ4n) is 3.41. The van der Waals surface area contributed by atoms with Crippen molar-refractivity contribution in [2.45, 2.75) is 31.3 Å². The lowest BCUT2D eigenvalue weighted by molar-refractivity contribution is 0.122. The first-order chi connectivity index (χ1) is 12.4. The normalized spacial score (nSPS) is 19.4. The average Bonchev–Trinajstić information content (AvgIpc) is 2.63. The molecule has 5 nitrogen and oxygen atoms in total. The molecular weight excluding hydrogens is 348 g/mol. The number of aryl methyl sites for hydroxylation is 1. The third kappa shape index (κ3) is 3.92. The van der Waals surface area contributed by atoms with Crippen molar-refractivity contribution < 1.29 is 13.2 Å². The molecule has 0 aromatic heterocycles. The second-order valence-corrected chi connectivity index (χ2v) is 8.71. The second-order valence-electron chi connectivity index (χ2n) is 6.80. The lowest BCUT2D eigenvalue weighted by Crippen LogP contribution is -2.53. The number of rotatable bonds is 5. The largest absolute Gasteiger partial charge is 0.497 e. The van der Waals surface area contributed by atoms with Gasteiger partial charge in [0.05, 0.1) is 12.0 Å². The Morgan fingerprint density at radius 2 is 1.85 bits per heavy atom. The minimum atomic E-state index is -3.50. The molecule has 0 aliphatic carbocycles. The van der Waals surface area contributed by atoms with Gasteiger partial charge in [0.15, 0.2) is 0 Å². The van der Waals surface area contributed by atoms with Gasteiger partial charge in [-0.25, -0.2) is 8.42 Å². The minimum Gasteiger partial charge on any atom is -0.497 e. The van der Waals surface area contributed by atoms with Crippen molar-refractivity contribution in [3.63, 3.8) is 0 Å². The molecule has 1 aliphatic heterocycles. The molecule has 1 saturated heterocycles. The Morgan fingerprint density at radius 3 is 2.46 bits per heavy atom. The molecule has 0 N–H and O–H groups in total. The molecule has 1 aliphatic rings. The molecule has 2 aromatic rings. The van der Waals surface area contributed by atoms with Crippen molar-refractivity contribution in [3.8, 4) is 5.75 Å². The molecule has 2 aromatic carbocycles. The molecule has 140 valence electrons. The van der Waals surface area contributed by atoms with Crippen molar-refractivity contribution in [1.82, 2.24) is 9.21 Å². The summed E-state index contributed by atoms with van der Waals surface area (Å²) >= 11 is 0. The van der Waals surface area contributed by atoms with Gasteiger partial charge < -0.3 is 4.74 Å².